The first-order valence-corrected chi connectivity index (χ1v) is 5.94. The average molecular weight is 278 g/mol. The Kier molecular flexibility index (Phi) is 3.92. The third-order valence-electron chi connectivity index (χ3n) is 2.52. The molecule has 0 aliphatic carbocycles. The lowest BCUT2D eigenvalue weighted by Crippen LogP contribution is -2.08. The highest BCUT2D eigenvalue weighted by molar-refractivity contribution is 6.31. The molecule has 0 unspecified atom stereocenters. The van der Waals surface area contributed by atoms with Crippen molar-refractivity contribution in [1.29, 1.82) is 0 Å². The number of benzene rings is 2. The first kappa shape index (κ1) is 13.2. The van der Waals surface area contributed by atoms with E-state index in [1.54, 1.807) is 30.3 Å². The summed E-state index contributed by atoms with van der Waals surface area (Å²) in [4.78, 5) is 11.9. The fourth-order valence-electron chi connectivity index (χ4n) is 1.58. The monoisotopic (exact) mass is 277 g/mol. The standard InChI is InChI=1S/C14H12ClNO3/c15-10-4-5-13(16)12(7-10)14(18)19-8-9-2-1-3-11(17)6-9/h1-7,17H,8,16H2. The van der Waals surface area contributed by atoms with Crippen molar-refractivity contribution < 1.29 is 14.6 Å². The van der Waals surface area contributed by atoms with Crippen LogP contribution in [0, 0.1) is 0 Å². The van der Waals surface area contributed by atoms with Crippen molar-refractivity contribution in [2.24, 2.45) is 0 Å². The number of esters is 1. The minimum atomic E-state index is -0.552. The largest absolute Gasteiger partial charge is 0.508 e. The molecule has 0 saturated carbocycles. The normalized spacial score (nSPS) is 10.2. The van der Waals surface area contributed by atoms with Crippen molar-refractivity contribution >= 4 is 23.3 Å². The van der Waals surface area contributed by atoms with Crippen molar-refractivity contribution in [2.75, 3.05) is 5.73 Å². The number of hydrogen-bond donors (Lipinski definition) is 2. The van der Waals surface area contributed by atoms with E-state index in [2.05, 4.69) is 0 Å². The topological polar surface area (TPSA) is 72.6 Å². The number of anilines is 1. The summed E-state index contributed by atoms with van der Waals surface area (Å²) in [5.41, 5.74) is 6.91. The summed E-state index contributed by atoms with van der Waals surface area (Å²) in [6.07, 6.45) is 0. The second-order valence-corrected chi connectivity index (χ2v) is 4.41. The van der Waals surface area contributed by atoms with Crippen LogP contribution in [0.25, 0.3) is 0 Å². The van der Waals surface area contributed by atoms with Gasteiger partial charge in [-0.25, -0.2) is 4.79 Å². The van der Waals surface area contributed by atoms with Gasteiger partial charge in [0.2, 0.25) is 0 Å². The first-order valence-electron chi connectivity index (χ1n) is 5.56. The predicted molar refractivity (Wildman–Crippen MR) is 73.1 cm³/mol. The Balaban J connectivity index is 2.07. The van der Waals surface area contributed by atoms with E-state index in [1.807, 2.05) is 0 Å². The Hall–Kier alpha value is -2.20. The lowest BCUT2D eigenvalue weighted by molar-refractivity contribution is 0.0473. The number of phenols is 1. The second kappa shape index (κ2) is 5.63. The number of phenolic OH excluding ortho intramolecular Hbond substituents is 1. The van der Waals surface area contributed by atoms with Crippen molar-refractivity contribution in [1.82, 2.24) is 0 Å². The van der Waals surface area contributed by atoms with Crippen LogP contribution in [-0.4, -0.2) is 11.1 Å². The number of nitrogens with two attached hydrogens (primary N) is 1. The zero-order chi connectivity index (χ0) is 13.8. The van der Waals surface area contributed by atoms with E-state index >= 15 is 0 Å². The van der Waals surface area contributed by atoms with Crippen molar-refractivity contribution in [3.63, 3.8) is 0 Å². The Bertz CT molecular complexity index is 613. The Morgan fingerprint density at radius 1 is 1.26 bits per heavy atom. The second-order valence-electron chi connectivity index (χ2n) is 3.98. The minimum absolute atomic E-state index is 0.0547. The molecule has 0 aromatic heterocycles. The molecule has 2 aromatic rings. The highest BCUT2D eigenvalue weighted by Crippen LogP contribution is 2.19. The number of carbonyl (C=O) groups excluding carboxylic acids is 1. The van der Waals surface area contributed by atoms with Crippen LogP contribution >= 0.6 is 11.6 Å². The number of halogens is 1. The van der Waals surface area contributed by atoms with Gasteiger partial charge in [0.1, 0.15) is 12.4 Å². The van der Waals surface area contributed by atoms with E-state index in [0.29, 0.717) is 16.3 Å². The molecular formula is C14H12ClNO3. The van der Waals surface area contributed by atoms with Gasteiger partial charge in [0.05, 0.1) is 5.56 Å². The molecule has 0 bridgehead atoms. The van der Waals surface area contributed by atoms with Crippen molar-refractivity contribution in [3.8, 4) is 5.75 Å². The van der Waals surface area contributed by atoms with Crippen LogP contribution in [-0.2, 0) is 11.3 Å². The van der Waals surface area contributed by atoms with E-state index in [-0.39, 0.29) is 17.9 Å². The smallest absolute Gasteiger partial charge is 0.340 e. The van der Waals surface area contributed by atoms with Gasteiger partial charge in [-0.3, -0.25) is 0 Å². The van der Waals surface area contributed by atoms with Gasteiger partial charge in [-0.05, 0) is 35.9 Å². The van der Waals surface area contributed by atoms with Crippen LogP contribution < -0.4 is 5.73 Å². The molecule has 0 saturated heterocycles. The number of carbonyl (C=O) groups is 1. The maximum Gasteiger partial charge on any atom is 0.340 e. The summed E-state index contributed by atoms with van der Waals surface area (Å²) < 4.78 is 5.12. The van der Waals surface area contributed by atoms with E-state index in [1.165, 1.54) is 12.1 Å². The fraction of sp³-hybridized carbons (Fsp3) is 0.0714. The molecule has 19 heavy (non-hydrogen) atoms. The molecule has 3 N–H and O–H groups in total. The Labute approximate surface area is 115 Å². The molecule has 5 heteroatoms. The average Bonchev–Trinajstić information content (AvgIpc) is 2.39. The van der Waals surface area contributed by atoms with Crippen LogP contribution in [0.2, 0.25) is 5.02 Å². The molecule has 0 fully saturated rings. The van der Waals surface area contributed by atoms with Gasteiger partial charge in [0, 0.05) is 10.7 Å². The summed E-state index contributed by atoms with van der Waals surface area (Å²) in [7, 11) is 0. The van der Waals surface area contributed by atoms with Gasteiger partial charge < -0.3 is 15.6 Å². The van der Waals surface area contributed by atoms with Crippen LogP contribution in [0.4, 0.5) is 5.69 Å². The molecule has 2 rings (SSSR count). The number of ether oxygens (including phenoxy) is 1. The lowest BCUT2D eigenvalue weighted by Gasteiger charge is -2.07. The van der Waals surface area contributed by atoms with E-state index in [0.717, 1.165) is 0 Å². The maximum atomic E-state index is 11.9. The molecular weight excluding hydrogens is 266 g/mol. The van der Waals surface area contributed by atoms with Crippen LogP contribution in [0.1, 0.15) is 15.9 Å². The molecule has 0 spiro atoms. The van der Waals surface area contributed by atoms with Gasteiger partial charge in [-0.2, -0.15) is 0 Å². The third-order valence-corrected chi connectivity index (χ3v) is 2.75. The molecule has 2 aromatic carbocycles. The maximum absolute atomic E-state index is 11.9. The fourth-order valence-corrected chi connectivity index (χ4v) is 1.75. The molecule has 0 amide bonds. The summed E-state index contributed by atoms with van der Waals surface area (Å²) in [5.74, 6) is -0.431. The summed E-state index contributed by atoms with van der Waals surface area (Å²) in [6.45, 7) is 0.0547. The molecule has 0 radical (unpaired) electrons. The summed E-state index contributed by atoms with van der Waals surface area (Å²) in [5, 5.41) is 9.71. The van der Waals surface area contributed by atoms with E-state index < -0.39 is 5.97 Å². The number of nitrogen functional groups attached to an aromatic ring is 1. The molecule has 4 nitrogen and oxygen atoms in total. The zero-order valence-electron chi connectivity index (χ0n) is 9.97. The number of rotatable bonds is 3. The SMILES string of the molecule is Nc1ccc(Cl)cc1C(=O)OCc1cccc(O)c1. The molecule has 98 valence electrons. The highest BCUT2D eigenvalue weighted by atomic mass is 35.5. The van der Waals surface area contributed by atoms with Gasteiger partial charge in [-0.1, -0.05) is 23.7 Å². The van der Waals surface area contributed by atoms with Gasteiger partial charge in [0.15, 0.2) is 0 Å². The quantitative estimate of drug-likeness (QED) is 0.668. The Morgan fingerprint density at radius 3 is 2.79 bits per heavy atom. The number of aromatic hydroxyl groups is 1. The Morgan fingerprint density at radius 2 is 2.05 bits per heavy atom. The number of hydrogen-bond acceptors (Lipinski definition) is 4. The van der Waals surface area contributed by atoms with Crippen molar-refractivity contribution in [3.05, 3.63) is 58.6 Å². The third kappa shape index (κ3) is 3.39. The van der Waals surface area contributed by atoms with Crippen LogP contribution in [0.15, 0.2) is 42.5 Å². The van der Waals surface area contributed by atoms with E-state index in [4.69, 9.17) is 22.1 Å². The lowest BCUT2D eigenvalue weighted by atomic mass is 10.2. The molecule has 0 aliphatic rings. The minimum Gasteiger partial charge on any atom is -0.508 e. The zero-order valence-corrected chi connectivity index (χ0v) is 10.7. The van der Waals surface area contributed by atoms with Gasteiger partial charge in [0.25, 0.3) is 0 Å². The summed E-state index contributed by atoms with van der Waals surface area (Å²) in [6, 6.07) is 11.1. The van der Waals surface area contributed by atoms with Crippen LogP contribution in [0.5, 0.6) is 5.75 Å². The highest BCUT2D eigenvalue weighted by Gasteiger charge is 2.12. The molecule has 0 heterocycles. The summed E-state index contributed by atoms with van der Waals surface area (Å²) >= 11 is 5.80. The predicted octanol–water partition coefficient (Wildman–Crippen LogP) is 2.98. The van der Waals surface area contributed by atoms with Crippen LogP contribution in [0.3, 0.4) is 0 Å². The van der Waals surface area contributed by atoms with Crippen molar-refractivity contribution in [2.45, 2.75) is 6.61 Å². The molecule has 0 atom stereocenters. The van der Waals surface area contributed by atoms with E-state index in [9.17, 15) is 9.90 Å². The molecule has 0 aliphatic heterocycles. The van der Waals surface area contributed by atoms with Gasteiger partial charge in [-0.15, -0.1) is 0 Å². The first-order chi connectivity index (χ1) is 9.06. The van der Waals surface area contributed by atoms with Gasteiger partial charge >= 0.3 is 5.97 Å².